The van der Waals surface area contributed by atoms with Crippen LogP contribution in [0, 0.1) is 18.7 Å². The second-order valence-corrected chi connectivity index (χ2v) is 12.9. The van der Waals surface area contributed by atoms with E-state index < -0.39 is 0 Å². The zero-order chi connectivity index (χ0) is 28.3. The molecule has 1 N–H and O–H groups in total. The molecule has 4 nitrogen and oxygen atoms in total. The van der Waals surface area contributed by atoms with Gasteiger partial charge in [0.1, 0.15) is 11.4 Å². The highest BCUT2D eigenvalue weighted by Gasteiger charge is 2.19. The third kappa shape index (κ3) is 4.37. The fourth-order valence-corrected chi connectivity index (χ4v) is 7.12. The number of hydrogen-bond acceptors (Lipinski definition) is 3. The second-order valence-electron chi connectivity index (χ2n) is 11.9. The molecule has 0 bridgehead atoms. The average Bonchev–Trinajstić information content (AvgIpc) is 3.54. The normalized spacial score (nSPS) is 12.1. The Labute approximate surface area is 243 Å². The Hall–Kier alpha value is -4.48. The van der Waals surface area contributed by atoms with Crippen LogP contribution in [-0.2, 0) is 6.42 Å². The SMILES string of the molecule is Cc1c(CC(C)(C)C)ccc2c1sc1c(-c3cccc(-[n+]4[c-]n(-c5ccccc5O)c5ccccc54)c3)nccc12. The van der Waals surface area contributed by atoms with Crippen LogP contribution in [0.4, 0.5) is 0 Å². The van der Waals surface area contributed by atoms with E-state index in [1.54, 1.807) is 6.07 Å². The van der Waals surface area contributed by atoms with Crippen molar-refractivity contribution in [2.45, 2.75) is 34.1 Å². The summed E-state index contributed by atoms with van der Waals surface area (Å²) in [4.78, 5) is 4.90. The fraction of sp³-hybridized carbons (Fsp3) is 0.167. The number of imidazole rings is 1. The molecule has 0 atom stereocenters. The number of nitrogens with zero attached hydrogens (tertiary/aromatic N) is 3. The van der Waals surface area contributed by atoms with Gasteiger partial charge >= 0.3 is 0 Å². The molecule has 0 saturated heterocycles. The highest BCUT2D eigenvalue weighted by atomic mass is 32.1. The summed E-state index contributed by atoms with van der Waals surface area (Å²) in [5, 5.41) is 13.1. The molecule has 0 aliphatic rings. The van der Waals surface area contributed by atoms with Gasteiger partial charge in [0.25, 0.3) is 6.33 Å². The van der Waals surface area contributed by atoms with Gasteiger partial charge in [0.05, 0.1) is 27.1 Å². The molecule has 0 spiro atoms. The van der Waals surface area contributed by atoms with Crippen molar-refractivity contribution in [3.8, 4) is 28.4 Å². The summed E-state index contributed by atoms with van der Waals surface area (Å²) >= 11 is 1.85. The largest absolute Gasteiger partial charge is 0.511 e. The number of thiophene rings is 1. The van der Waals surface area contributed by atoms with E-state index in [9.17, 15) is 5.11 Å². The highest BCUT2D eigenvalue weighted by molar-refractivity contribution is 7.26. The van der Waals surface area contributed by atoms with Crippen LogP contribution < -0.4 is 4.57 Å². The van der Waals surface area contributed by atoms with Gasteiger partial charge in [-0.2, -0.15) is 0 Å². The quantitative estimate of drug-likeness (QED) is 0.175. The van der Waals surface area contributed by atoms with Crippen LogP contribution in [0.25, 0.3) is 53.8 Å². The minimum atomic E-state index is 0.215. The van der Waals surface area contributed by atoms with Gasteiger partial charge in [0.15, 0.2) is 0 Å². The number of aromatic nitrogens is 3. The monoisotopic (exact) mass is 553 g/mol. The molecule has 0 fully saturated rings. The summed E-state index contributed by atoms with van der Waals surface area (Å²) in [6, 6.07) is 30.8. The van der Waals surface area contributed by atoms with Crippen LogP contribution in [0.3, 0.4) is 0 Å². The number of phenols is 1. The predicted octanol–water partition coefficient (Wildman–Crippen LogP) is 8.74. The van der Waals surface area contributed by atoms with E-state index in [0.717, 1.165) is 34.4 Å². The Morgan fingerprint density at radius 1 is 0.878 bits per heavy atom. The zero-order valence-corrected chi connectivity index (χ0v) is 24.5. The van der Waals surface area contributed by atoms with Crippen LogP contribution in [-0.4, -0.2) is 14.7 Å². The first-order chi connectivity index (χ1) is 19.8. The lowest BCUT2D eigenvalue weighted by molar-refractivity contribution is -0.572. The summed E-state index contributed by atoms with van der Waals surface area (Å²) < 4.78 is 6.53. The maximum atomic E-state index is 10.6. The second kappa shape index (κ2) is 9.57. The van der Waals surface area contributed by atoms with Crippen LogP contribution in [0.5, 0.6) is 5.75 Å². The van der Waals surface area contributed by atoms with Crippen LogP contribution in [0.2, 0.25) is 0 Å². The van der Waals surface area contributed by atoms with Gasteiger partial charge in [-0.3, -0.25) is 14.1 Å². The van der Waals surface area contributed by atoms with Crippen LogP contribution in [0.15, 0.2) is 97.2 Å². The number of benzene rings is 4. The Balaban J connectivity index is 1.38. The molecular formula is C36H31N3OS. The van der Waals surface area contributed by atoms with Crippen molar-refractivity contribution in [1.82, 2.24) is 9.55 Å². The molecule has 202 valence electrons. The van der Waals surface area contributed by atoms with E-state index in [4.69, 9.17) is 4.98 Å². The molecule has 0 amide bonds. The lowest BCUT2D eigenvalue weighted by Crippen LogP contribution is -2.29. The number of aromatic hydroxyl groups is 1. The standard InChI is InChI=1S/C36H31N3OS/c1-23-25(21-36(2,3)4)16-17-27-28-18-19-37-33(35(28)41-34(23)27)24-10-9-11-26(20-24)38-22-39(30-13-6-5-12-29(30)38)31-14-7-8-15-32(31)40/h5-20,40H,21H2,1-4H3. The number of rotatable bonds is 4. The number of aryl methyl sites for hydroxylation is 1. The average molecular weight is 554 g/mol. The molecule has 0 radical (unpaired) electrons. The van der Waals surface area contributed by atoms with Crippen molar-refractivity contribution in [3.63, 3.8) is 0 Å². The molecule has 0 aliphatic heterocycles. The lowest BCUT2D eigenvalue weighted by Gasteiger charge is -2.19. The van der Waals surface area contributed by atoms with Crippen LogP contribution >= 0.6 is 11.3 Å². The van der Waals surface area contributed by atoms with Crippen molar-refractivity contribution in [3.05, 3.63) is 115 Å². The van der Waals surface area contributed by atoms with E-state index in [0.29, 0.717) is 5.69 Å². The van der Waals surface area contributed by atoms with E-state index >= 15 is 0 Å². The van der Waals surface area contributed by atoms with Gasteiger partial charge in [0.2, 0.25) is 0 Å². The number of fused-ring (bicyclic) bond motifs is 4. The molecule has 3 heterocycles. The van der Waals surface area contributed by atoms with Crippen molar-refractivity contribution in [1.29, 1.82) is 0 Å². The van der Waals surface area contributed by atoms with Crippen molar-refractivity contribution in [2.24, 2.45) is 5.41 Å². The Morgan fingerprint density at radius 3 is 2.49 bits per heavy atom. The molecule has 5 heteroatoms. The topological polar surface area (TPSA) is 41.9 Å². The summed E-state index contributed by atoms with van der Waals surface area (Å²) in [7, 11) is 0. The maximum Gasteiger partial charge on any atom is 0.269 e. The minimum absolute atomic E-state index is 0.215. The molecule has 41 heavy (non-hydrogen) atoms. The first-order valence-electron chi connectivity index (χ1n) is 13.9. The zero-order valence-electron chi connectivity index (χ0n) is 23.6. The highest BCUT2D eigenvalue weighted by Crippen LogP contribution is 2.41. The van der Waals surface area contributed by atoms with E-state index in [-0.39, 0.29) is 11.2 Å². The summed E-state index contributed by atoms with van der Waals surface area (Å²) in [6.07, 6.45) is 6.47. The van der Waals surface area contributed by atoms with Crippen LogP contribution in [0.1, 0.15) is 31.9 Å². The fourth-order valence-electron chi connectivity index (χ4n) is 5.79. The van der Waals surface area contributed by atoms with Gasteiger partial charge < -0.3 is 5.11 Å². The molecule has 3 aromatic heterocycles. The molecule has 0 saturated carbocycles. The number of phenolic OH excluding ortho intramolecular Hbond substituents is 1. The first kappa shape index (κ1) is 25.5. The molecule has 7 rings (SSSR count). The lowest BCUT2D eigenvalue weighted by atomic mass is 9.86. The van der Waals surface area contributed by atoms with Gasteiger partial charge in [-0.15, -0.1) is 11.3 Å². The number of pyridine rings is 1. The van der Waals surface area contributed by atoms with E-state index in [2.05, 4.69) is 87.1 Å². The van der Waals surface area contributed by atoms with E-state index in [1.165, 1.54) is 31.3 Å². The first-order valence-corrected chi connectivity index (χ1v) is 14.7. The van der Waals surface area contributed by atoms with Gasteiger partial charge in [-0.1, -0.05) is 81.4 Å². The third-order valence-corrected chi connectivity index (χ3v) is 9.05. The van der Waals surface area contributed by atoms with Gasteiger partial charge in [-0.25, -0.2) is 0 Å². The summed E-state index contributed by atoms with van der Waals surface area (Å²) in [6.45, 7) is 9.16. The molecule has 4 aromatic carbocycles. The smallest absolute Gasteiger partial charge is 0.269 e. The molecule has 0 aliphatic carbocycles. The van der Waals surface area contributed by atoms with Crippen molar-refractivity contribution < 1.29 is 9.67 Å². The number of para-hydroxylation sites is 4. The van der Waals surface area contributed by atoms with Crippen molar-refractivity contribution in [2.75, 3.05) is 0 Å². The summed E-state index contributed by atoms with van der Waals surface area (Å²) in [5.41, 5.74) is 8.72. The van der Waals surface area contributed by atoms with Crippen molar-refractivity contribution >= 4 is 42.5 Å². The molecule has 7 aromatic rings. The Kier molecular flexibility index (Phi) is 5.95. The predicted molar refractivity (Wildman–Crippen MR) is 169 cm³/mol. The molecule has 0 unspecified atom stereocenters. The molecular weight excluding hydrogens is 522 g/mol. The van der Waals surface area contributed by atoms with E-state index in [1.807, 2.05) is 58.5 Å². The summed E-state index contributed by atoms with van der Waals surface area (Å²) in [5.74, 6) is 0.215. The minimum Gasteiger partial charge on any atom is -0.511 e. The Morgan fingerprint density at radius 2 is 1.66 bits per heavy atom. The Bertz CT molecular complexity index is 2090. The maximum absolute atomic E-state index is 10.6. The van der Waals surface area contributed by atoms with Gasteiger partial charge in [-0.05, 0) is 65.8 Å². The third-order valence-electron chi connectivity index (χ3n) is 7.70. The number of hydrogen-bond donors (Lipinski definition) is 1. The van der Waals surface area contributed by atoms with Gasteiger partial charge in [0, 0.05) is 21.7 Å².